The van der Waals surface area contributed by atoms with Crippen LogP contribution in [0.3, 0.4) is 0 Å². The van der Waals surface area contributed by atoms with Gasteiger partial charge in [0.05, 0.1) is 35.0 Å². The molecule has 4 aliphatic rings. The fourth-order valence-corrected chi connectivity index (χ4v) is 9.70. The Morgan fingerprint density at radius 2 is 1.66 bits per heavy atom. The number of nitrogen functional groups attached to an aromatic ring is 1. The molecule has 3 fully saturated rings. The Morgan fingerprint density at radius 3 is 2.40 bits per heavy atom. The van der Waals surface area contributed by atoms with Gasteiger partial charge < -0.3 is 15.4 Å². The van der Waals surface area contributed by atoms with Crippen LogP contribution in [0.4, 0.5) is 15.9 Å². The van der Waals surface area contributed by atoms with Crippen LogP contribution < -0.4 is 20.7 Å². The molecule has 2 aromatic heterocycles. The van der Waals surface area contributed by atoms with Crippen molar-refractivity contribution in [1.29, 1.82) is 0 Å². The van der Waals surface area contributed by atoms with Crippen molar-refractivity contribution in [1.82, 2.24) is 29.9 Å². The van der Waals surface area contributed by atoms with Gasteiger partial charge in [0.25, 0.3) is 11.8 Å². The number of carbonyl (C=O) groups excluding carboxylic acids is 4. The van der Waals surface area contributed by atoms with Gasteiger partial charge in [0.15, 0.2) is 11.6 Å². The second kappa shape index (κ2) is 16.3. The highest BCUT2D eigenvalue weighted by Gasteiger charge is 2.45. The van der Waals surface area contributed by atoms with Crippen molar-refractivity contribution >= 4 is 58.3 Å². The Kier molecular flexibility index (Phi) is 11.2. The quantitative estimate of drug-likeness (QED) is 0.137. The van der Waals surface area contributed by atoms with Gasteiger partial charge in [-0.05, 0) is 93.8 Å². The van der Waals surface area contributed by atoms with Crippen LogP contribution in [0.1, 0.15) is 84.7 Å². The number of amides is 4. The van der Waals surface area contributed by atoms with Gasteiger partial charge >= 0.3 is 0 Å². The number of piperazine rings is 1. The van der Waals surface area contributed by atoms with E-state index < -0.39 is 35.5 Å². The number of fused-ring (bicyclic) bond motifs is 1. The summed E-state index contributed by atoms with van der Waals surface area (Å²) < 4.78 is 21.9. The molecule has 4 aromatic rings. The molecular formula is C42H45Cl2FN8O5. The van der Waals surface area contributed by atoms with Gasteiger partial charge in [0.1, 0.15) is 11.9 Å². The Labute approximate surface area is 345 Å². The molecule has 3 atom stereocenters. The van der Waals surface area contributed by atoms with Crippen LogP contribution in [0, 0.1) is 11.7 Å². The Bertz CT molecular complexity index is 2270. The molecule has 5 heterocycles. The number of rotatable bonds is 10. The molecule has 304 valence electrons. The largest absolute Gasteiger partial charge is 0.489 e. The van der Waals surface area contributed by atoms with Gasteiger partial charge in [-0.2, -0.15) is 5.10 Å². The molecule has 16 heteroatoms. The zero-order valence-electron chi connectivity index (χ0n) is 32.3. The predicted molar refractivity (Wildman–Crippen MR) is 217 cm³/mol. The van der Waals surface area contributed by atoms with E-state index in [0.29, 0.717) is 40.3 Å². The summed E-state index contributed by atoms with van der Waals surface area (Å²) in [5, 5.41) is 7.33. The van der Waals surface area contributed by atoms with Crippen molar-refractivity contribution in [2.75, 3.05) is 36.9 Å². The zero-order chi connectivity index (χ0) is 40.8. The first-order valence-electron chi connectivity index (χ1n) is 19.8. The van der Waals surface area contributed by atoms with E-state index in [4.69, 9.17) is 38.8 Å². The summed E-state index contributed by atoms with van der Waals surface area (Å²) in [6.07, 6.45) is 10.3. The second-order valence-corrected chi connectivity index (χ2v) is 16.7. The number of anilines is 2. The Morgan fingerprint density at radius 1 is 0.914 bits per heavy atom. The van der Waals surface area contributed by atoms with Crippen molar-refractivity contribution < 1.29 is 28.3 Å². The Hall–Kier alpha value is -5.05. The number of benzene rings is 2. The van der Waals surface area contributed by atoms with Crippen molar-refractivity contribution in [3.63, 3.8) is 0 Å². The lowest BCUT2D eigenvalue weighted by Gasteiger charge is -2.47. The first kappa shape index (κ1) is 39.8. The third-order valence-electron chi connectivity index (χ3n) is 12.0. The fourth-order valence-electron chi connectivity index (χ4n) is 9.14. The van der Waals surface area contributed by atoms with E-state index in [0.717, 1.165) is 67.0 Å². The number of pyridine rings is 1. The number of ether oxygens (including phenoxy) is 1. The minimum absolute atomic E-state index is 0.0163. The molecule has 2 aromatic carbocycles. The van der Waals surface area contributed by atoms with E-state index in [-0.39, 0.29) is 47.9 Å². The molecule has 0 radical (unpaired) electrons. The Balaban J connectivity index is 0.837. The summed E-state index contributed by atoms with van der Waals surface area (Å²) in [4.78, 5) is 61.1. The van der Waals surface area contributed by atoms with E-state index in [9.17, 15) is 23.6 Å². The van der Waals surface area contributed by atoms with Crippen molar-refractivity contribution in [3.05, 3.63) is 87.5 Å². The van der Waals surface area contributed by atoms with Crippen LogP contribution in [0.25, 0.3) is 11.1 Å². The SMILES string of the molecule is C[C@@H]1CN(CC2CCC(n3cc(-c4cnc(N)c(OCCc5c(Cl)ccc(F)c5Cl)c4)cn3)CC2)C[C@@H](C)N1c1ccc2c(c1)C(=O)N([C@@H]1CCC(=O)NC1=O)C2=O. The molecule has 3 N–H and O–H groups in total. The highest BCUT2D eigenvalue weighted by atomic mass is 35.5. The molecule has 13 nitrogen and oxygen atoms in total. The molecule has 0 spiro atoms. The van der Waals surface area contributed by atoms with Gasteiger partial charge in [-0.25, -0.2) is 9.37 Å². The highest BCUT2D eigenvalue weighted by molar-refractivity contribution is 6.36. The number of carbonyl (C=O) groups is 4. The van der Waals surface area contributed by atoms with Crippen LogP contribution in [0.2, 0.25) is 10.0 Å². The van der Waals surface area contributed by atoms with Crippen molar-refractivity contribution in [3.8, 4) is 16.9 Å². The highest BCUT2D eigenvalue weighted by Crippen LogP contribution is 2.37. The van der Waals surface area contributed by atoms with Crippen molar-refractivity contribution in [2.45, 2.75) is 83.0 Å². The number of halogens is 3. The number of nitrogens with one attached hydrogen (secondary N) is 1. The van der Waals surface area contributed by atoms with Crippen LogP contribution >= 0.6 is 23.2 Å². The molecular weight excluding hydrogens is 786 g/mol. The summed E-state index contributed by atoms with van der Waals surface area (Å²) in [6, 6.07) is 9.54. The topological polar surface area (TPSA) is 156 Å². The minimum Gasteiger partial charge on any atom is -0.489 e. The summed E-state index contributed by atoms with van der Waals surface area (Å²) in [5.41, 5.74) is 9.78. The van der Waals surface area contributed by atoms with Crippen molar-refractivity contribution in [2.24, 2.45) is 5.92 Å². The summed E-state index contributed by atoms with van der Waals surface area (Å²) in [6.45, 7) is 7.31. The van der Waals surface area contributed by atoms with E-state index in [1.807, 2.05) is 24.5 Å². The van der Waals surface area contributed by atoms with Gasteiger partial charge in [0.2, 0.25) is 11.8 Å². The number of hydrogen-bond acceptors (Lipinski definition) is 10. The molecule has 1 aliphatic carbocycles. The lowest BCUT2D eigenvalue weighted by atomic mass is 9.85. The molecule has 8 rings (SSSR count). The van der Waals surface area contributed by atoms with E-state index >= 15 is 0 Å². The van der Waals surface area contributed by atoms with Crippen LogP contribution in [0.5, 0.6) is 5.75 Å². The third-order valence-corrected chi connectivity index (χ3v) is 12.8. The van der Waals surface area contributed by atoms with E-state index in [1.165, 1.54) is 12.1 Å². The van der Waals surface area contributed by atoms with Crippen LogP contribution in [-0.4, -0.2) is 92.6 Å². The summed E-state index contributed by atoms with van der Waals surface area (Å²) in [7, 11) is 0. The molecule has 3 aliphatic heterocycles. The van der Waals surface area contributed by atoms with Crippen LogP contribution in [-0.2, 0) is 16.0 Å². The third kappa shape index (κ3) is 7.76. The average molecular weight is 832 g/mol. The number of nitrogens with two attached hydrogens (primary N) is 1. The predicted octanol–water partition coefficient (Wildman–Crippen LogP) is 6.33. The number of hydrogen-bond donors (Lipinski definition) is 2. The molecule has 0 bridgehead atoms. The molecule has 1 saturated carbocycles. The molecule has 0 unspecified atom stereocenters. The second-order valence-electron chi connectivity index (χ2n) is 15.9. The minimum atomic E-state index is -0.988. The number of aromatic nitrogens is 3. The van der Waals surface area contributed by atoms with Gasteiger partial charge in [0, 0.05) is 78.8 Å². The van der Waals surface area contributed by atoms with E-state index in [2.05, 4.69) is 38.6 Å². The summed E-state index contributed by atoms with van der Waals surface area (Å²) >= 11 is 12.4. The van der Waals surface area contributed by atoms with Gasteiger partial charge in [-0.15, -0.1) is 0 Å². The first-order chi connectivity index (χ1) is 27.9. The van der Waals surface area contributed by atoms with Gasteiger partial charge in [-0.3, -0.25) is 39.0 Å². The maximum absolute atomic E-state index is 14.0. The number of piperidine rings is 1. The lowest BCUT2D eigenvalue weighted by Crippen LogP contribution is -2.57. The van der Waals surface area contributed by atoms with E-state index in [1.54, 1.807) is 18.3 Å². The lowest BCUT2D eigenvalue weighted by molar-refractivity contribution is -0.136. The number of nitrogens with zero attached hydrogens (tertiary/aromatic N) is 6. The normalized spacial score (nSPS) is 24.0. The standard InChI is InChI=1S/C42H45Cl2FN8O5/c1-23-19-50(20-24(2)52(23)29-7-8-30-32(16-29)42(57)53(41(30)56)35-11-12-37(54)49-40(35)55)21-25-3-5-28(6-4-25)51-22-27(18-48-51)26-15-36(39(46)47-17-26)58-14-13-31-33(43)9-10-34(45)38(31)44/h7-10,15-18,22-25,28,35H,3-6,11-14,19-21H2,1-2H3,(H2,46,47)(H,49,54,55)/t23-,24-,25?,28?,35-/m1/s1. The summed E-state index contributed by atoms with van der Waals surface area (Å²) in [5.74, 6) is -1.31. The first-order valence-corrected chi connectivity index (χ1v) is 20.5. The molecule has 4 amide bonds. The average Bonchev–Trinajstić information content (AvgIpc) is 3.78. The van der Waals surface area contributed by atoms with Gasteiger partial charge in [-0.1, -0.05) is 23.2 Å². The fraction of sp³-hybridized carbons (Fsp3) is 0.429. The van der Waals surface area contributed by atoms with Crippen LogP contribution in [0.15, 0.2) is 55.0 Å². The zero-order valence-corrected chi connectivity index (χ0v) is 33.8. The maximum Gasteiger partial charge on any atom is 0.262 e. The number of imide groups is 2. The smallest absolute Gasteiger partial charge is 0.262 e. The molecule has 58 heavy (non-hydrogen) atoms. The monoisotopic (exact) mass is 830 g/mol. The molecule has 2 saturated heterocycles. The maximum atomic E-state index is 14.0.